The number of guanidine groups is 1. The third kappa shape index (κ3) is 7.77. The van der Waals surface area contributed by atoms with Crippen molar-refractivity contribution < 1.29 is 23.3 Å². The van der Waals surface area contributed by atoms with Crippen LogP contribution in [0.3, 0.4) is 0 Å². The van der Waals surface area contributed by atoms with E-state index < -0.39 is 0 Å². The number of benzene rings is 2. The van der Waals surface area contributed by atoms with Crippen molar-refractivity contribution in [2.24, 2.45) is 4.99 Å². The summed E-state index contributed by atoms with van der Waals surface area (Å²) in [5.74, 6) is 2.80. The number of halogens is 2. The van der Waals surface area contributed by atoms with Crippen molar-refractivity contribution in [2.45, 2.75) is 13.0 Å². The molecule has 0 aliphatic heterocycles. The van der Waals surface area contributed by atoms with Crippen LogP contribution in [-0.2, 0) is 6.54 Å². The van der Waals surface area contributed by atoms with Crippen molar-refractivity contribution in [3.05, 3.63) is 47.8 Å². The molecule has 0 bridgehead atoms. The van der Waals surface area contributed by atoms with E-state index in [9.17, 15) is 4.39 Å². The van der Waals surface area contributed by atoms with Crippen LogP contribution in [-0.4, -0.2) is 47.5 Å². The zero-order valence-corrected chi connectivity index (χ0v) is 20.0. The van der Waals surface area contributed by atoms with E-state index in [1.807, 2.05) is 12.1 Å². The molecule has 0 amide bonds. The van der Waals surface area contributed by atoms with Gasteiger partial charge >= 0.3 is 0 Å². The fourth-order valence-electron chi connectivity index (χ4n) is 2.64. The molecule has 2 aromatic rings. The highest BCUT2D eigenvalue weighted by atomic mass is 127. The quantitative estimate of drug-likeness (QED) is 0.211. The Kier molecular flexibility index (Phi) is 11.7. The SMILES string of the molecule is CN=C(NCCCOc1ccc(F)cc1)NCc1cc(OC)c(OC)c(OC)c1.I. The summed E-state index contributed by atoms with van der Waals surface area (Å²) in [4.78, 5) is 4.21. The van der Waals surface area contributed by atoms with E-state index in [2.05, 4.69) is 15.6 Å². The molecular formula is C21H29FIN3O4. The lowest BCUT2D eigenvalue weighted by Crippen LogP contribution is -2.37. The molecule has 166 valence electrons. The number of ether oxygens (including phenoxy) is 4. The van der Waals surface area contributed by atoms with Crippen LogP contribution in [0.25, 0.3) is 0 Å². The molecular weight excluding hydrogens is 504 g/mol. The maximum atomic E-state index is 12.9. The van der Waals surface area contributed by atoms with Gasteiger partial charge in [0.25, 0.3) is 0 Å². The summed E-state index contributed by atoms with van der Waals surface area (Å²) in [5.41, 5.74) is 0.960. The average molecular weight is 533 g/mol. The summed E-state index contributed by atoms with van der Waals surface area (Å²) < 4.78 is 34.5. The van der Waals surface area contributed by atoms with Gasteiger partial charge in [0.1, 0.15) is 11.6 Å². The molecule has 2 rings (SSSR count). The van der Waals surface area contributed by atoms with E-state index in [1.165, 1.54) is 12.1 Å². The number of hydrogen-bond donors (Lipinski definition) is 2. The summed E-state index contributed by atoms with van der Waals surface area (Å²) in [6.45, 7) is 1.72. The Morgan fingerprint density at radius 3 is 2.13 bits per heavy atom. The van der Waals surface area contributed by atoms with E-state index in [0.717, 1.165) is 12.0 Å². The first-order chi connectivity index (χ1) is 14.1. The van der Waals surface area contributed by atoms with Gasteiger partial charge < -0.3 is 29.6 Å². The normalized spacial score (nSPS) is 10.6. The molecule has 0 aliphatic carbocycles. The van der Waals surface area contributed by atoms with Crippen LogP contribution >= 0.6 is 24.0 Å². The number of nitrogens with one attached hydrogen (secondary N) is 2. The molecule has 9 heteroatoms. The average Bonchev–Trinajstić information content (AvgIpc) is 2.75. The molecule has 0 aliphatic rings. The Morgan fingerprint density at radius 1 is 0.967 bits per heavy atom. The van der Waals surface area contributed by atoms with Gasteiger partial charge in [-0.15, -0.1) is 24.0 Å². The molecule has 0 fully saturated rings. The van der Waals surface area contributed by atoms with E-state index >= 15 is 0 Å². The molecule has 30 heavy (non-hydrogen) atoms. The van der Waals surface area contributed by atoms with Crippen LogP contribution in [0.15, 0.2) is 41.4 Å². The Hall–Kier alpha value is -2.43. The number of hydrogen-bond acceptors (Lipinski definition) is 5. The highest BCUT2D eigenvalue weighted by Crippen LogP contribution is 2.38. The second-order valence-corrected chi connectivity index (χ2v) is 6.04. The van der Waals surface area contributed by atoms with Gasteiger partial charge in [-0.1, -0.05) is 0 Å². The van der Waals surface area contributed by atoms with Gasteiger partial charge in [0.05, 0.1) is 27.9 Å². The third-order valence-corrected chi connectivity index (χ3v) is 4.10. The van der Waals surface area contributed by atoms with Crippen LogP contribution in [0.5, 0.6) is 23.0 Å². The predicted octanol–water partition coefficient (Wildman–Crippen LogP) is 3.60. The maximum absolute atomic E-state index is 12.9. The van der Waals surface area contributed by atoms with Crippen molar-refractivity contribution >= 4 is 29.9 Å². The van der Waals surface area contributed by atoms with Crippen molar-refractivity contribution in [1.29, 1.82) is 0 Å². The fourth-order valence-corrected chi connectivity index (χ4v) is 2.64. The minimum absolute atomic E-state index is 0. The van der Waals surface area contributed by atoms with Crippen LogP contribution < -0.4 is 29.6 Å². The van der Waals surface area contributed by atoms with Gasteiger partial charge in [0.2, 0.25) is 5.75 Å². The molecule has 0 atom stereocenters. The van der Waals surface area contributed by atoms with Gasteiger partial charge in [-0.05, 0) is 48.4 Å². The molecule has 2 aromatic carbocycles. The lowest BCUT2D eigenvalue weighted by Gasteiger charge is -2.16. The van der Waals surface area contributed by atoms with Crippen LogP contribution in [0.4, 0.5) is 4.39 Å². The number of nitrogens with zero attached hydrogens (tertiary/aromatic N) is 1. The highest BCUT2D eigenvalue weighted by Gasteiger charge is 2.13. The highest BCUT2D eigenvalue weighted by molar-refractivity contribution is 14.0. The Bertz CT molecular complexity index is 778. The molecule has 0 spiro atoms. The van der Waals surface area contributed by atoms with Gasteiger partial charge in [-0.2, -0.15) is 0 Å². The third-order valence-electron chi connectivity index (χ3n) is 4.10. The number of aliphatic imine (C=N–C) groups is 1. The van der Waals surface area contributed by atoms with E-state index in [0.29, 0.717) is 48.7 Å². The van der Waals surface area contributed by atoms with Gasteiger partial charge in [-0.25, -0.2) is 4.39 Å². The van der Waals surface area contributed by atoms with E-state index in [-0.39, 0.29) is 29.8 Å². The van der Waals surface area contributed by atoms with Crippen molar-refractivity contribution in [3.63, 3.8) is 0 Å². The predicted molar refractivity (Wildman–Crippen MR) is 126 cm³/mol. The van der Waals surface area contributed by atoms with Crippen molar-refractivity contribution in [3.8, 4) is 23.0 Å². The lowest BCUT2D eigenvalue weighted by molar-refractivity contribution is 0.310. The molecule has 0 radical (unpaired) electrons. The second-order valence-electron chi connectivity index (χ2n) is 6.04. The number of methoxy groups -OCH3 is 3. The largest absolute Gasteiger partial charge is 0.494 e. The van der Waals surface area contributed by atoms with E-state index in [1.54, 1.807) is 40.5 Å². The second kappa shape index (κ2) is 13.7. The Labute approximate surface area is 194 Å². The Morgan fingerprint density at radius 2 is 1.60 bits per heavy atom. The Balaban J connectivity index is 0.00000450. The molecule has 0 aromatic heterocycles. The van der Waals surface area contributed by atoms with E-state index in [4.69, 9.17) is 18.9 Å². The van der Waals surface area contributed by atoms with Gasteiger partial charge in [0, 0.05) is 20.1 Å². The molecule has 0 saturated heterocycles. The van der Waals surface area contributed by atoms with Crippen LogP contribution in [0.2, 0.25) is 0 Å². The number of rotatable bonds is 10. The zero-order valence-electron chi connectivity index (χ0n) is 17.7. The summed E-state index contributed by atoms with van der Waals surface area (Å²) >= 11 is 0. The first-order valence-corrected chi connectivity index (χ1v) is 9.23. The first kappa shape index (κ1) is 25.6. The molecule has 0 unspecified atom stereocenters. The minimum Gasteiger partial charge on any atom is -0.494 e. The van der Waals surface area contributed by atoms with Gasteiger partial charge in [0.15, 0.2) is 17.5 Å². The lowest BCUT2D eigenvalue weighted by atomic mass is 10.2. The van der Waals surface area contributed by atoms with Crippen molar-refractivity contribution in [1.82, 2.24) is 10.6 Å². The van der Waals surface area contributed by atoms with Crippen molar-refractivity contribution in [2.75, 3.05) is 41.5 Å². The fraction of sp³-hybridized carbons (Fsp3) is 0.381. The summed E-state index contributed by atoms with van der Waals surface area (Å²) in [6, 6.07) is 9.75. The standard InChI is InChI=1S/C21H28FN3O4.HI/c1-23-21(24-10-5-11-29-17-8-6-16(22)7-9-17)25-14-15-12-18(26-2)20(28-4)19(13-15)27-3;/h6-9,12-13H,5,10-11,14H2,1-4H3,(H2,23,24,25);1H. The first-order valence-electron chi connectivity index (χ1n) is 9.23. The molecule has 7 nitrogen and oxygen atoms in total. The maximum Gasteiger partial charge on any atom is 0.203 e. The summed E-state index contributed by atoms with van der Waals surface area (Å²) in [7, 11) is 6.45. The monoisotopic (exact) mass is 533 g/mol. The zero-order chi connectivity index (χ0) is 21.1. The molecule has 0 saturated carbocycles. The minimum atomic E-state index is -0.277. The van der Waals surface area contributed by atoms with Gasteiger partial charge in [-0.3, -0.25) is 4.99 Å². The topological polar surface area (TPSA) is 73.3 Å². The molecule has 2 N–H and O–H groups in total. The molecule has 0 heterocycles. The van der Waals surface area contributed by atoms with Crippen LogP contribution in [0, 0.1) is 5.82 Å². The smallest absolute Gasteiger partial charge is 0.203 e. The van der Waals surface area contributed by atoms with Crippen LogP contribution in [0.1, 0.15) is 12.0 Å². The summed E-state index contributed by atoms with van der Waals surface area (Å²) in [6.07, 6.45) is 0.766. The summed E-state index contributed by atoms with van der Waals surface area (Å²) in [5, 5.41) is 6.47.